The summed E-state index contributed by atoms with van der Waals surface area (Å²) in [6.45, 7) is 13.5. The highest BCUT2D eigenvalue weighted by Crippen LogP contribution is 2.31. The molecule has 102 valence electrons. The lowest BCUT2D eigenvalue weighted by atomic mass is 9.93. The molecule has 0 aliphatic carbocycles. The maximum absolute atomic E-state index is 5.70. The van der Waals surface area contributed by atoms with Crippen molar-refractivity contribution in [3.8, 4) is 0 Å². The number of nitrogens with zero attached hydrogens (tertiary/aromatic N) is 3. The Kier molecular flexibility index (Phi) is 3.36. The lowest BCUT2D eigenvalue weighted by molar-refractivity contribution is 0.379. The summed E-state index contributed by atoms with van der Waals surface area (Å²) >= 11 is 0. The first-order chi connectivity index (χ1) is 8.25. The molecule has 0 amide bonds. The standard InChI is InChI=1S/C13H24N4O/c1-12(2,3)14-8-10-15-16-11(18-10)17-7-6-13(4,5)9-17/h14H,6-9H2,1-5H3. The van der Waals surface area contributed by atoms with Crippen LogP contribution in [-0.4, -0.2) is 28.8 Å². The lowest BCUT2D eigenvalue weighted by Crippen LogP contribution is -2.35. The van der Waals surface area contributed by atoms with Crippen LogP contribution in [-0.2, 0) is 6.54 Å². The van der Waals surface area contributed by atoms with Crippen molar-refractivity contribution < 1.29 is 4.42 Å². The largest absolute Gasteiger partial charge is 0.407 e. The normalized spacial score (nSPS) is 19.5. The van der Waals surface area contributed by atoms with Crippen molar-refractivity contribution >= 4 is 6.01 Å². The molecular weight excluding hydrogens is 228 g/mol. The van der Waals surface area contributed by atoms with E-state index in [2.05, 4.69) is 55.0 Å². The topological polar surface area (TPSA) is 54.2 Å². The SMILES string of the molecule is CC1(C)CCN(c2nnc(CNC(C)(C)C)o2)C1. The quantitative estimate of drug-likeness (QED) is 0.893. The third-order valence-electron chi connectivity index (χ3n) is 3.17. The summed E-state index contributed by atoms with van der Waals surface area (Å²) in [5, 5.41) is 11.6. The summed E-state index contributed by atoms with van der Waals surface area (Å²) in [6, 6.07) is 0.659. The highest BCUT2D eigenvalue weighted by Gasteiger charge is 2.31. The molecule has 0 aromatic carbocycles. The molecule has 18 heavy (non-hydrogen) atoms. The van der Waals surface area contributed by atoms with Gasteiger partial charge in [-0.1, -0.05) is 18.9 Å². The van der Waals surface area contributed by atoms with Gasteiger partial charge >= 0.3 is 6.01 Å². The van der Waals surface area contributed by atoms with Crippen molar-refractivity contribution in [2.75, 3.05) is 18.0 Å². The smallest absolute Gasteiger partial charge is 0.318 e. The molecule has 0 radical (unpaired) electrons. The van der Waals surface area contributed by atoms with E-state index < -0.39 is 0 Å². The Labute approximate surface area is 109 Å². The first-order valence-electron chi connectivity index (χ1n) is 6.58. The zero-order valence-corrected chi connectivity index (χ0v) is 12.1. The fraction of sp³-hybridized carbons (Fsp3) is 0.846. The molecule has 2 heterocycles. The van der Waals surface area contributed by atoms with Crippen LogP contribution in [0.5, 0.6) is 0 Å². The molecule has 1 N–H and O–H groups in total. The fourth-order valence-corrected chi connectivity index (χ4v) is 2.06. The summed E-state index contributed by atoms with van der Waals surface area (Å²) in [6.07, 6.45) is 1.17. The average molecular weight is 252 g/mol. The second-order valence-corrected chi connectivity index (χ2v) is 6.92. The van der Waals surface area contributed by atoms with E-state index >= 15 is 0 Å². The molecule has 0 unspecified atom stereocenters. The Balaban J connectivity index is 1.95. The Hall–Kier alpha value is -1.10. The van der Waals surface area contributed by atoms with E-state index in [4.69, 9.17) is 4.42 Å². The summed E-state index contributed by atoms with van der Waals surface area (Å²) in [5.41, 5.74) is 0.405. The van der Waals surface area contributed by atoms with Gasteiger partial charge in [0.25, 0.3) is 0 Å². The van der Waals surface area contributed by atoms with Crippen molar-refractivity contribution in [2.45, 2.75) is 53.1 Å². The van der Waals surface area contributed by atoms with Gasteiger partial charge in [0.1, 0.15) is 0 Å². The van der Waals surface area contributed by atoms with E-state index in [-0.39, 0.29) is 5.54 Å². The Bertz CT molecular complexity index is 405. The summed E-state index contributed by atoms with van der Waals surface area (Å²) < 4.78 is 5.70. The van der Waals surface area contributed by atoms with Gasteiger partial charge in [0.2, 0.25) is 5.89 Å². The van der Waals surface area contributed by atoms with Crippen molar-refractivity contribution in [1.29, 1.82) is 0 Å². The van der Waals surface area contributed by atoms with Gasteiger partial charge in [0.05, 0.1) is 6.54 Å². The van der Waals surface area contributed by atoms with E-state index in [0.717, 1.165) is 13.1 Å². The van der Waals surface area contributed by atoms with E-state index in [0.29, 0.717) is 23.9 Å². The van der Waals surface area contributed by atoms with Crippen LogP contribution in [0.4, 0.5) is 6.01 Å². The fourth-order valence-electron chi connectivity index (χ4n) is 2.06. The monoisotopic (exact) mass is 252 g/mol. The number of aromatic nitrogens is 2. The van der Waals surface area contributed by atoms with Crippen molar-refractivity contribution in [3.63, 3.8) is 0 Å². The third kappa shape index (κ3) is 3.45. The van der Waals surface area contributed by atoms with Crippen LogP contribution >= 0.6 is 0 Å². The average Bonchev–Trinajstić information content (AvgIpc) is 2.80. The van der Waals surface area contributed by atoms with E-state index in [1.807, 2.05) is 0 Å². The van der Waals surface area contributed by atoms with Crippen molar-refractivity contribution in [2.24, 2.45) is 5.41 Å². The molecule has 0 saturated carbocycles. The van der Waals surface area contributed by atoms with Gasteiger partial charge < -0.3 is 14.6 Å². The molecule has 0 atom stereocenters. The highest BCUT2D eigenvalue weighted by molar-refractivity contribution is 5.27. The summed E-state index contributed by atoms with van der Waals surface area (Å²) in [5.74, 6) is 0.657. The molecule has 5 nitrogen and oxygen atoms in total. The van der Waals surface area contributed by atoms with E-state index in [1.54, 1.807) is 0 Å². The molecule has 0 bridgehead atoms. The maximum atomic E-state index is 5.70. The molecule has 1 aliphatic rings. The van der Waals surface area contributed by atoms with Gasteiger partial charge in [-0.2, -0.15) is 0 Å². The van der Waals surface area contributed by atoms with Crippen LogP contribution in [0.15, 0.2) is 4.42 Å². The number of hydrogen-bond donors (Lipinski definition) is 1. The highest BCUT2D eigenvalue weighted by atomic mass is 16.4. The Morgan fingerprint density at radius 3 is 2.61 bits per heavy atom. The minimum Gasteiger partial charge on any atom is -0.407 e. The first kappa shape index (κ1) is 13.3. The maximum Gasteiger partial charge on any atom is 0.318 e. The van der Waals surface area contributed by atoms with Gasteiger partial charge in [0.15, 0.2) is 0 Å². The van der Waals surface area contributed by atoms with Crippen LogP contribution in [0.2, 0.25) is 0 Å². The van der Waals surface area contributed by atoms with Crippen molar-refractivity contribution in [3.05, 3.63) is 5.89 Å². The van der Waals surface area contributed by atoms with Gasteiger partial charge in [-0.3, -0.25) is 0 Å². The molecule has 0 spiro atoms. The Morgan fingerprint density at radius 2 is 2.06 bits per heavy atom. The second-order valence-electron chi connectivity index (χ2n) is 6.92. The Morgan fingerprint density at radius 1 is 1.33 bits per heavy atom. The first-order valence-corrected chi connectivity index (χ1v) is 6.58. The molecule has 1 saturated heterocycles. The minimum atomic E-state index is 0.0598. The number of nitrogens with one attached hydrogen (secondary N) is 1. The predicted molar refractivity (Wildman–Crippen MR) is 71.5 cm³/mol. The molecule has 1 aromatic rings. The summed E-state index contributed by atoms with van der Waals surface area (Å²) in [4.78, 5) is 2.17. The molecule has 2 rings (SSSR count). The second kappa shape index (κ2) is 4.53. The minimum absolute atomic E-state index is 0.0598. The zero-order valence-electron chi connectivity index (χ0n) is 12.1. The van der Waals surface area contributed by atoms with Gasteiger partial charge in [-0.15, -0.1) is 5.10 Å². The molecular formula is C13H24N4O. The number of anilines is 1. The van der Waals surface area contributed by atoms with Crippen molar-refractivity contribution in [1.82, 2.24) is 15.5 Å². The van der Waals surface area contributed by atoms with E-state index in [9.17, 15) is 0 Å². The predicted octanol–water partition coefficient (Wildman–Crippen LogP) is 2.19. The van der Waals surface area contributed by atoms with Crippen LogP contribution in [0.3, 0.4) is 0 Å². The molecule has 1 aliphatic heterocycles. The van der Waals surface area contributed by atoms with Crippen LogP contribution in [0, 0.1) is 5.41 Å². The molecule has 1 fully saturated rings. The van der Waals surface area contributed by atoms with Crippen LogP contribution < -0.4 is 10.2 Å². The van der Waals surface area contributed by atoms with Crippen LogP contribution in [0.1, 0.15) is 46.9 Å². The number of hydrogen-bond acceptors (Lipinski definition) is 5. The van der Waals surface area contributed by atoms with Gasteiger partial charge in [-0.25, -0.2) is 0 Å². The summed E-state index contributed by atoms with van der Waals surface area (Å²) in [7, 11) is 0. The molecule has 1 aromatic heterocycles. The lowest BCUT2D eigenvalue weighted by Gasteiger charge is -2.19. The molecule has 5 heteroatoms. The van der Waals surface area contributed by atoms with Gasteiger partial charge in [0, 0.05) is 18.6 Å². The third-order valence-corrected chi connectivity index (χ3v) is 3.17. The van der Waals surface area contributed by atoms with Gasteiger partial charge in [-0.05, 0) is 32.6 Å². The number of rotatable bonds is 3. The zero-order chi connectivity index (χ0) is 13.4. The van der Waals surface area contributed by atoms with E-state index in [1.165, 1.54) is 6.42 Å². The van der Waals surface area contributed by atoms with Crippen LogP contribution in [0.25, 0.3) is 0 Å².